The van der Waals surface area contributed by atoms with Crippen molar-refractivity contribution >= 4 is 34.7 Å². The van der Waals surface area contributed by atoms with E-state index < -0.39 is 16.9 Å². The lowest BCUT2D eigenvalue weighted by molar-refractivity contribution is -0.383. The van der Waals surface area contributed by atoms with Crippen LogP contribution in [0.15, 0.2) is 24.3 Å². The van der Waals surface area contributed by atoms with Gasteiger partial charge in [-0.3, -0.25) is 14.9 Å². The minimum absolute atomic E-state index is 0.0580. The number of amides is 2. The van der Waals surface area contributed by atoms with E-state index in [-0.39, 0.29) is 21.4 Å². The number of benzene rings is 1. The second-order valence-corrected chi connectivity index (χ2v) is 5.01. The van der Waals surface area contributed by atoms with Crippen molar-refractivity contribution in [2.75, 3.05) is 5.32 Å². The molecule has 2 aromatic rings. The van der Waals surface area contributed by atoms with Crippen molar-refractivity contribution in [2.24, 2.45) is 5.73 Å². The van der Waals surface area contributed by atoms with Crippen molar-refractivity contribution in [1.82, 2.24) is 4.98 Å². The largest absolute Gasteiger partial charge is 0.411 e. The SMILES string of the molecule is Cc1nc(OC(N)=O)sc1C(=O)Nc1ccccc1[N+](=O)[O-]. The molecule has 0 aliphatic rings. The third kappa shape index (κ3) is 3.35. The van der Waals surface area contributed by atoms with Crippen molar-refractivity contribution in [3.8, 4) is 5.19 Å². The van der Waals surface area contributed by atoms with E-state index in [1.165, 1.54) is 18.2 Å². The molecule has 0 fully saturated rings. The van der Waals surface area contributed by atoms with Gasteiger partial charge >= 0.3 is 6.09 Å². The van der Waals surface area contributed by atoms with Crippen LogP contribution in [0.4, 0.5) is 16.2 Å². The second kappa shape index (κ2) is 6.18. The predicted octanol–water partition coefficient (Wildman–Crippen LogP) is 2.07. The Morgan fingerprint density at radius 3 is 2.73 bits per heavy atom. The molecule has 2 rings (SSSR count). The van der Waals surface area contributed by atoms with Gasteiger partial charge in [0.2, 0.25) is 0 Å². The Morgan fingerprint density at radius 1 is 1.41 bits per heavy atom. The number of hydrogen-bond acceptors (Lipinski definition) is 7. The number of nitrogens with zero attached hydrogens (tertiary/aromatic N) is 2. The fraction of sp³-hybridized carbons (Fsp3) is 0.0833. The minimum Gasteiger partial charge on any atom is -0.381 e. The van der Waals surface area contributed by atoms with Gasteiger partial charge in [0.1, 0.15) is 10.6 Å². The third-order valence-corrected chi connectivity index (χ3v) is 3.55. The Balaban J connectivity index is 2.25. The lowest BCUT2D eigenvalue weighted by atomic mass is 10.2. The van der Waals surface area contributed by atoms with Crippen LogP contribution in [0, 0.1) is 17.0 Å². The first-order valence-corrected chi connectivity index (χ1v) is 6.69. The highest BCUT2D eigenvalue weighted by molar-refractivity contribution is 7.15. The molecule has 10 heteroatoms. The number of nitro groups is 1. The average molecular weight is 322 g/mol. The maximum absolute atomic E-state index is 12.2. The fourth-order valence-corrected chi connectivity index (χ4v) is 2.45. The first-order chi connectivity index (χ1) is 10.4. The van der Waals surface area contributed by atoms with E-state index in [9.17, 15) is 19.7 Å². The molecule has 1 aromatic heterocycles. The molecule has 0 radical (unpaired) electrons. The van der Waals surface area contributed by atoms with E-state index in [0.29, 0.717) is 5.69 Å². The average Bonchev–Trinajstić information content (AvgIpc) is 2.79. The number of aromatic nitrogens is 1. The lowest BCUT2D eigenvalue weighted by Crippen LogP contribution is -2.15. The van der Waals surface area contributed by atoms with E-state index in [1.54, 1.807) is 13.0 Å². The summed E-state index contributed by atoms with van der Waals surface area (Å²) in [5.41, 5.74) is 5.01. The monoisotopic (exact) mass is 322 g/mol. The Labute approximate surface area is 127 Å². The molecule has 2 amide bonds. The van der Waals surface area contributed by atoms with Crippen LogP contribution in [0.3, 0.4) is 0 Å². The number of nitro benzene ring substituents is 1. The van der Waals surface area contributed by atoms with E-state index in [2.05, 4.69) is 15.0 Å². The maximum atomic E-state index is 12.2. The molecule has 0 saturated carbocycles. The molecular formula is C12H10N4O5S. The quantitative estimate of drug-likeness (QED) is 0.652. The standard InChI is InChI=1S/C12H10N4O5S/c1-6-9(22-12(14-6)21-11(13)18)10(17)15-7-4-2-3-5-8(7)16(19)20/h2-5H,1H3,(H2,13,18)(H,15,17). The molecule has 114 valence electrons. The predicted molar refractivity (Wildman–Crippen MR) is 78.1 cm³/mol. The van der Waals surface area contributed by atoms with Gasteiger partial charge in [-0.25, -0.2) is 9.78 Å². The number of para-hydroxylation sites is 2. The second-order valence-electron chi connectivity index (χ2n) is 4.04. The van der Waals surface area contributed by atoms with Crippen LogP contribution in [0.25, 0.3) is 0 Å². The van der Waals surface area contributed by atoms with Gasteiger partial charge in [0.05, 0.1) is 10.6 Å². The maximum Gasteiger partial charge on any atom is 0.411 e. The molecule has 9 nitrogen and oxygen atoms in total. The van der Waals surface area contributed by atoms with Gasteiger partial charge in [0.25, 0.3) is 16.8 Å². The molecule has 0 spiro atoms. The molecule has 22 heavy (non-hydrogen) atoms. The summed E-state index contributed by atoms with van der Waals surface area (Å²) in [5.74, 6) is -0.594. The Bertz CT molecular complexity index is 758. The number of aryl methyl sites for hydroxylation is 1. The number of nitrogens with two attached hydrogens (primary N) is 1. The lowest BCUT2D eigenvalue weighted by Gasteiger charge is -2.04. The number of rotatable bonds is 4. The third-order valence-electron chi connectivity index (χ3n) is 2.52. The van der Waals surface area contributed by atoms with Crippen LogP contribution in [0.5, 0.6) is 5.19 Å². The Morgan fingerprint density at radius 2 is 2.09 bits per heavy atom. The number of ether oxygens (including phenoxy) is 1. The molecule has 3 N–H and O–H groups in total. The zero-order valence-corrected chi connectivity index (χ0v) is 12.0. The number of carbonyl (C=O) groups is 2. The van der Waals surface area contributed by atoms with E-state index >= 15 is 0 Å². The summed E-state index contributed by atoms with van der Waals surface area (Å²) in [7, 11) is 0. The Kier molecular flexibility index (Phi) is 4.32. The molecule has 0 unspecified atom stereocenters. The minimum atomic E-state index is -1.04. The molecular weight excluding hydrogens is 312 g/mol. The summed E-state index contributed by atoms with van der Waals surface area (Å²) < 4.78 is 4.60. The van der Waals surface area contributed by atoms with Gasteiger partial charge in [-0.15, -0.1) is 0 Å². The van der Waals surface area contributed by atoms with Crippen LogP contribution in [0.2, 0.25) is 0 Å². The number of thiazole rings is 1. The topological polar surface area (TPSA) is 137 Å². The summed E-state index contributed by atoms with van der Waals surface area (Å²) in [6.07, 6.45) is -1.04. The van der Waals surface area contributed by atoms with Crippen LogP contribution in [0.1, 0.15) is 15.4 Å². The van der Waals surface area contributed by atoms with Crippen molar-refractivity contribution in [3.63, 3.8) is 0 Å². The molecule has 1 aromatic carbocycles. The normalized spacial score (nSPS) is 10.0. The van der Waals surface area contributed by atoms with Crippen molar-refractivity contribution < 1.29 is 19.2 Å². The zero-order valence-electron chi connectivity index (χ0n) is 11.2. The van der Waals surface area contributed by atoms with Gasteiger partial charge in [-0.2, -0.15) is 0 Å². The van der Waals surface area contributed by atoms with E-state index in [0.717, 1.165) is 11.3 Å². The van der Waals surface area contributed by atoms with Gasteiger partial charge in [-0.05, 0) is 13.0 Å². The number of carbonyl (C=O) groups excluding carboxylic acids is 2. The first kappa shape index (κ1) is 15.4. The van der Waals surface area contributed by atoms with Crippen LogP contribution in [-0.2, 0) is 0 Å². The van der Waals surface area contributed by atoms with Gasteiger partial charge in [-0.1, -0.05) is 23.5 Å². The molecule has 0 saturated heterocycles. The van der Waals surface area contributed by atoms with Crippen LogP contribution in [-0.4, -0.2) is 21.9 Å². The number of anilines is 1. The zero-order chi connectivity index (χ0) is 16.3. The number of primary amides is 1. The summed E-state index contributed by atoms with van der Waals surface area (Å²) in [4.78, 5) is 37.2. The Hall–Kier alpha value is -3.01. The van der Waals surface area contributed by atoms with Crippen molar-refractivity contribution in [3.05, 3.63) is 45.0 Å². The molecule has 0 aliphatic carbocycles. The highest BCUT2D eigenvalue weighted by Gasteiger charge is 2.20. The molecule has 1 heterocycles. The molecule has 0 aliphatic heterocycles. The van der Waals surface area contributed by atoms with Gasteiger partial charge in [0.15, 0.2) is 0 Å². The summed E-state index contributed by atoms with van der Waals surface area (Å²) in [5, 5.41) is 13.3. The fourth-order valence-electron chi connectivity index (χ4n) is 1.63. The van der Waals surface area contributed by atoms with Crippen molar-refractivity contribution in [2.45, 2.75) is 6.92 Å². The number of hydrogen-bond donors (Lipinski definition) is 2. The summed E-state index contributed by atoms with van der Waals surface area (Å²) in [6.45, 7) is 1.54. The van der Waals surface area contributed by atoms with Gasteiger partial charge < -0.3 is 15.8 Å². The van der Waals surface area contributed by atoms with Crippen LogP contribution < -0.4 is 15.8 Å². The van der Waals surface area contributed by atoms with E-state index in [1.807, 2.05) is 0 Å². The highest BCUT2D eigenvalue weighted by Crippen LogP contribution is 2.28. The smallest absolute Gasteiger partial charge is 0.381 e. The highest BCUT2D eigenvalue weighted by atomic mass is 32.1. The van der Waals surface area contributed by atoms with Crippen molar-refractivity contribution in [1.29, 1.82) is 0 Å². The number of nitrogens with one attached hydrogen (secondary N) is 1. The molecule has 0 atom stereocenters. The molecule has 0 bridgehead atoms. The summed E-state index contributed by atoms with van der Waals surface area (Å²) >= 11 is 0.813. The van der Waals surface area contributed by atoms with Gasteiger partial charge in [0, 0.05) is 6.07 Å². The van der Waals surface area contributed by atoms with E-state index in [4.69, 9.17) is 5.73 Å². The first-order valence-electron chi connectivity index (χ1n) is 5.88. The summed E-state index contributed by atoms with van der Waals surface area (Å²) in [6, 6.07) is 5.73. The van der Waals surface area contributed by atoms with Crippen LogP contribution >= 0.6 is 11.3 Å².